The number of aliphatic hydroxyl groups is 1. The summed E-state index contributed by atoms with van der Waals surface area (Å²) in [6.45, 7) is 1.49. The first-order chi connectivity index (χ1) is 9.38. The molecule has 1 aromatic carbocycles. The van der Waals surface area contributed by atoms with Crippen molar-refractivity contribution < 1.29 is 22.3 Å². The van der Waals surface area contributed by atoms with Crippen LogP contribution in [0.5, 0.6) is 0 Å². The van der Waals surface area contributed by atoms with E-state index in [-0.39, 0.29) is 17.2 Å². The highest BCUT2D eigenvalue weighted by atomic mass is 32.2. The monoisotopic (exact) mass is 299 g/mol. The van der Waals surface area contributed by atoms with Gasteiger partial charge in [-0.05, 0) is 43.3 Å². The highest BCUT2D eigenvalue weighted by Crippen LogP contribution is 2.16. The van der Waals surface area contributed by atoms with Crippen LogP contribution >= 0.6 is 0 Å². The zero-order chi connectivity index (χ0) is 14.8. The molecule has 7 heteroatoms. The van der Waals surface area contributed by atoms with Gasteiger partial charge in [-0.2, -0.15) is 0 Å². The maximum atomic E-state index is 12.7. The average Bonchev–Trinajstić information content (AvgIpc) is 2.83. The van der Waals surface area contributed by atoms with Gasteiger partial charge < -0.3 is 9.52 Å². The van der Waals surface area contributed by atoms with E-state index >= 15 is 0 Å². The zero-order valence-corrected chi connectivity index (χ0v) is 11.5. The maximum absolute atomic E-state index is 12.7. The van der Waals surface area contributed by atoms with E-state index in [9.17, 15) is 17.9 Å². The Labute approximate surface area is 116 Å². The normalized spacial score (nSPS) is 13.3. The van der Waals surface area contributed by atoms with Crippen LogP contribution in [0.25, 0.3) is 0 Å². The maximum Gasteiger partial charge on any atom is 0.240 e. The Morgan fingerprint density at radius 2 is 1.90 bits per heavy atom. The molecule has 0 fully saturated rings. The van der Waals surface area contributed by atoms with Gasteiger partial charge in [0, 0.05) is 6.54 Å². The van der Waals surface area contributed by atoms with Crippen molar-refractivity contribution in [3.8, 4) is 0 Å². The molecular formula is C13H14FNO4S. The van der Waals surface area contributed by atoms with E-state index < -0.39 is 21.9 Å². The first-order valence-electron chi connectivity index (χ1n) is 5.88. The number of sulfonamides is 1. The number of rotatable bonds is 5. The Morgan fingerprint density at radius 1 is 1.25 bits per heavy atom. The van der Waals surface area contributed by atoms with Crippen molar-refractivity contribution in [3.63, 3.8) is 0 Å². The molecule has 20 heavy (non-hydrogen) atoms. The minimum atomic E-state index is -3.79. The van der Waals surface area contributed by atoms with Gasteiger partial charge in [-0.25, -0.2) is 17.5 Å². The van der Waals surface area contributed by atoms with Gasteiger partial charge in [0.15, 0.2) is 0 Å². The third-order valence-electron chi connectivity index (χ3n) is 2.68. The quantitative estimate of drug-likeness (QED) is 0.881. The van der Waals surface area contributed by atoms with Crippen molar-refractivity contribution in [1.82, 2.24) is 4.72 Å². The summed E-state index contributed by atoms with van der Waals surface area (Å²) in [7, 11) is -3.79. The van der Waals surface area contributed by atoms with Crippen LogP contribution in [0.4, 0.5) is 4.39 Å². The predicted octanol–water partition coefficient (Wildman–Crippen LogP) is 1.74. The van der Waals surface area contributed by atoms with Gasteiger partial charge in [0.05, 0.1) is 4.90 Å². The van der Waals surface area contributed by atoms with Gasteiger partial charge in [0.25, 0.3) is 0 Å². The number of hydrogen-bond donors (Lipinski definition) is 2. The fraction of sp³-hybridized carbons (Fsp3) is 0.231. The molecule has 1 unspecified atom stereocenters. The third-order valence-corrected chi connectivity index (χ3v) is 4.12. The molecular weight excluding hydrogens is 285 g/mol. The Bertz CT molecular complexity index is 679. The standard InChI is InChI=1S/C13H14FNO4S/c1-9-2-7-13(19-9)12(16)8-15-20(17,18)11-5-3-10(14)4-6-11/h2-7,12,15-16H,8H2,1H3. The van der Waals surface area contributed by atoms with E-state index in [2.05, 4.69) is 4.72 Å². The van der Waals surface area contributed by atoms with Crippen molar-refractivity contribution in [1.29, 1.82) is 0 Å². The van der Waals surface area contributed by atoms with Crippen LogP contribution in [-0.4, -0.2) is 20.1 Å². The lowest BCUT2D eigenvalue weighted by atomic mass is 10.3. The second-order valence-corrected chi connectivity index (χ2v) is 6.04. The summed E-state index contributed by atoms with van der Waals surface area (Å²) in [5.41, 5.74) is 0. The lowest BCUT2D eigenvalue weighted by Crippen LogP contribution is -2.28. The van der Waals surface area contributed by atoms with Gasteiger partial charge in [0.1, 0.15) is 23.4 Å². The second-order valence-electron chi connectivity index (χ2n) is 4.27. The molecule has 0 spiro atoms. The highest BCUT2D eigenvalue weighted by Gasteiger charge is 2.18. The van der Waals surface area contributed by atoms with Crippen LogP contribution < -0.4 is 4.72 Å². The molecule has 0 aliphatic carbocycles. The predicted molar refractivity (Wildman–Crippen MR) is 70.0 cm³/mol. The van der Waals surface area contributed by atoms with Crippen molar-refractivity contribution in [2.45, 2.75) is 17.9 Å². The number of aliphatic hydroxyl groups excluding tert-OH is 1. The molecule has 0 saturated carbocycles. The van der Waals surface area contributed by atoms with E-state index in [0.717, 1.165) is 24.3 Å². The highest BCUT2D eigenvalue weighted by molar-refractivity contribution is 7.89. The number of nitrogens with one attached hydrogen (secondary N) is 1. The lowest BCUT2D eigenvalue weighted by molar-refractivity contribution is 0.152. The molecule has 0 aliphatic heterocycles. The average molecular weight is 299 g/mol. The molecule has 0 saturated heterocycles. The number of aryl methyl sites for hydroxylation is 1. The molecule has 1 heterocycles. The molecule has 0 bridgehead atoms. The van der Waals surface area contributed by atoms with Crippen LogP contribution in [0.2, 0.25) is 0 Å². The molecule has 0 amide bonds. The largest absolute Gasteiger partial charge is 0.464 e. The smallest absolute Gasteiger partial charge is 0.240 e. The van der Waals surface area contributed by atoms with Gasteiger partial charge in [-0.15, -0.1) is 0 Å². The molecule has 5 nitrogen and oxygen atoms in total. The molecule has 0 aliphatic rings. The van der Waals surface area contributed by atoms with E-state index in [0.29, 0.717) is 5.76 Å². The number of furan rings is 1. The Kier molecular flexibility index (Phi) is 4.22. The van der Waals surface area contributed by atoms with E-state index in [1.165, 1.54) is 0 Å². The van der Waals surface area contributed by atoms with Crippen LogP contribution in [0.1, 0.15) is 17.6 Å². The Morgan fingerprint density at radius 3 is 2.45 bits per heavy atom. The molecule has 2 N–H and O–H groups in total. The van der Waals surface area contributed by atoms with E-state index in [1.807, 2.05) is 0 Å². The number of benzene rings is 1. The van der Waals surface area contributed by atoms with Crippen molar-refractivity contribution in [3.05, 3.63) is 53.7 Å². The second kappa shape index (κ2) is 5.74. The SMILES string of the molecule is Cc1ccc(C(O)CNS(=O)(=O)c2ccc(F)cc2)o1. The number of halogens is 1. The fourth-order valence-corrected chi connectivity index (χ4v) is 2.66. The molecule has 1 aromatic heterocycles. The molecule has 2 aromatic rings. The van der Waals surface area contributed by atoms with Crippen molar-refractivity contribution >= 4 is 10.0 Å². The van der Waals surface area contributed by atoms with Gasteiger partial charge in [-0.1, -0.05) is 0 Å². The van der Waals surface area contributed by atoms with Crippen LogP contribution in [0.3, 0.4) is 0 Å². The Balaban J connectivity index is 2.04. The summed E-state index contributed by atoms with van der Waals surface area (Å²) in [4.78, 5) is -0.0678. The summed E-state index contributed by atoms with van der Waals surface area (Å²) in [6, 6.07) is 7.67. The van der Waals surface area contributed by atoms with E-state index in [4.69, 9.17) is 4.42 Å². The van der Waals surface area contributed by atoms with Crippen molar-refractivity contribution in [2.75, 3.05) is 6.54 Å². The van der Waals surface area contributed by atoms with Gasteiger partial charge in [-0.3, -0.25) is 0 Å². The summed E-state index contributed by atoms with van der Waals surface area (Å²) in [5.74, 6) is 0.389. The van der Waals surface area contributed by atoms with Crippen LogP contribution in [-0.2, 0) is 10.0 Å². The first-order valence-corrected chi connectivity index (χ1v) is 7.36. The topological polar surface area (TPSA) is 79.5 Å². The first kappa shape index (κ1) is 14.7. The summed E-state index contributed by atoms with van der Waals surface area (Å²) in [5, 5.41) is 9.81. The van der Waals surface area contributed by atoms with Crippen LogP contribution in [0.15, 0.2) is 45.7 Å². The van der Waals surface area contributed by atoms with Gasteiger partial charge in [0.2, 0.25) is 10.0 Å². The zero-order valence-electron chi connectivity index (χ0n) is 10.7. The van der Waals surface area contributed by atoms with E-state index in [1.54, 1.807) is 19.1 Å². The minimum Gasteiger partial charge on any atom is -0.464 e. The fourth-order valence-electron chi connectivity index (χ4n) is 1.62. The third kappa shape index (κ3) is 3.44. The number of hydrogen-bond acceptors (Lipinski definition) is 4. The van der Waals surface area contributed by atoms with Crippen molar-refractivity contribution in [2.24, 2.45) is 0 Å². The minimum absolute atomic E-state index is 0.0678. The molecule has 0 radical (unpaired) electrons. The summed E-state index contributed by atoms with van der Waals surface area (Å²) < 4.78 is 44.0. The lowest BCUT2D eigenvalue weighted by Gasteiger charge is -2.10. The van der Waals surface area contributed by atoms with Gasteiger partial charge >= 0.3 is 0 Å². The summed E-state index contributed by atoms with van der Waals surface area (Å²) >= 11 is 0. The van der Waals surface area contributed by atoms with Crippen LogP contribution in [0, 0.1) is 12.7 Å². The molecule has 1 atom stereocenters. The Hall–Kier alpha value is -1.70. The molecule has 2 rings (SSSR count). The summed E-state index contributed by atoms with van der Waals surface area (Å²) in [6.07, 6.45) is -1.08. The molecule has 108 valence electrons.